The first kappa shape index (κ1) is 20.8. The monoisotopic (exact) mass is 361 g/mol. The number of nitrogens with two attached hydrogens (primary N) is 2. The maximum Gasteiger partial charge on any atom is 0.160 e. The number of ether oxygens (including phenoxy) is 1. The van der Waals surface area contributed by atoms with Crippen LogP contribution in [-0.4, -0.2) is 30.5 Å². The minimum Gasteiger partial charge on any atom is -0.507 e. The molecule has 1 unspecified atom stereocenters. The Morgan fingerprint density at radius 3 is 2.00 bits per heavy atom. The Labute approximate surface area is 144 Å². The molecule has 125 valence electrons. The fraction of sp³-hybridized carbons (Fsp3) is 0.125. The maximum absolute atomic E-state index is 10.5. The van der Waals surface area contributed by atoms with Gasteiger partial charge in [-0.15, -0.1) is 0 Å². The number of benzene rings is 2. The number of carbonyl (C=O) groups is 2. The van der Waals surface area contributed by atoms with Crippen molar-refractivity contribution in [3.05, 3.63) is 59.7 Å². The molecule has 23 heavy (non-hydrogen) atoms. The minimum absolute atomic E-state index is 0. The van der Waals surface area contributed by atoms with E-state index in [4.69, 9.17) is 21.3 Å². The molecule has 0 aliphatic heterocycles. The van der Waals surface area contributed by atoms with Crippen molar-refractivity contribution >= 4 is 12.6 Å². The molecule has 2 aromatic carbocycles. The minimum atomic E-state index is -0.568. The van der Waals surface area contributed by atoms with E-state index in [1.165, 1.54) is 6.07 Å². The first-order chi connectivity index (χ1) is 10.6. The first-order valence-electron chi connectivity index (χ1n) is 6.52. The molecule has 0 spiro atoms. The van der Waals surface area contributed by atoms with Gasteiger partial charge in [-0.25, -0.2) is 0 Å². The van der Waals surface area contributed by atoms with Crippen LogP contribution in [0.4, 0.5) is 0 Å². The third-order valence-corrected chi connectivity index (χ3v) is 2.62. The molecule has 0 saturated carbocycles. The summed E-state index contributed by atoms with van der Waals surface area (Å²) in [5, 5.41) is 8.88. The molecule has 0 aliphatic carbocycles. The van der Waals surface area contributed by atoms with Crippen LogP contribution in [0.5, 0.6) is 11.5 Å². The molecule has 0 bridgehead atoms. The van der Waals surface area contributed by atoms with E-state index in [-0.39, 0.29) is 29.1 Å². The molecule has 0 fully saturated rings. The molecular formula is C16H18CoN2O4. The molecule has 0 amide bonds. The van der Waals surface area contributed by atoms with Crippen LogP contribution in [0.15, 0.2) is 48.5 Å². The third kappa shape index (κ3) is 7.07. The van der Waals surface area contributed by atoms with Gasteiger partial charge in [0.25, 0.3) is 0 Å². The van der Waals surface area contributed by atoms with Gasteiger partial charge in [0.15, 0.2) is 18.8 Å². The van der Waals surface area contributed by atoms with Crippen LogP contribution < -0.4 is 16.2 Å². The largest absolute Gasteiger partial charge is 0.507 e. The molecule has 5 N–H and O–H groups in total. The SMILES string of the molecule is NCC(N)Oc1ccccc1C=O.O=Cc1ccccc1O.[Co]. The van der Waals surface area contributed by atoms with E-state index >= 15 is 0 Å². The van der Waals surface area contributed by atoms with Crippen molar-refractivity contribution < 1.29 is 36.2 Å². The second-order valence-electron chi connectivity index (χ2n) is 4.22. The van der Waals surface area contributed by atoms with Gasteiger partial charge < -0.3 is 15.6 Å². The molecule has 0 aliphatic rings. The standard InChI is InChI=1S/C9H12N2O2.C7H6O2.Co/c10-5-9(11)13-8-4-2-1-3-7(8)6-12;8-5-6-3-1-2-4-7(6)9;/h1-4,6,9H,5,10-11H2;1-5,9H;. The number of phenols is 1. The van der Waals surface area contributed by atoms with Crippen LogP contribution in [0, 0.1) is 0 Å². The second kappa shape index (κ2) is 11.4. The average molecular weight is 361 g/mol. The van der Waals surface area contributed by atoms with Crippen molar-refractivity contribution in [2.24, 2.45) is 11.5 Å². The zero-order valence-corrected chi connectivity index (χ0v) is 13.3. The van der Waals surface area contributed by atoms with E-state index in [2.05, 4.69) is 0 Å². The van der Waals surface area contributed by atoms with Gasteiger partial charge in [0.05, 0.1) is 11.1 Å². The predicted molar refractivity (Wildman–Crippen MR) is 83.0 cm³/mol. The number of aromatic hydroxyl groups is 1. The van der Waals surface area contributed by atoms with Crippen LogP contribution in [-0.2, 0) is 16.8 Å². The Morgan fingerprint density at radius 2 is 1.52 bits per heavy atom. The molecule has 1 radical (unpaired) electrons. The summed E-state index contributed by atoms with van der Waals surface area (Å²) in [7, 11) is 0. The number of phenolic OH excluding ortho intramolecular Hbond substituents is 1. The van der Waals surface area contributed by atoms with Crippen molar-refractivity contribution in [3.8, 4) is 11.5 Å². The molecular weight excluding hydrogens is 343 g/mol. The van der Waals surface area contributed by atoms with Gasteiger partial charge in [-0.1, -0.05) is 24.3 Å². The van der Waals surface area contributed by atoms with Crippen LogP contribution >= 0.6 is 0 Å². The summed E-state index contributed by atoms with van der Waals surface area (Å²) in [6, 6.07) is 13.3. The van der Waals surface area contributed by atoms with Crippen molar-refractivity contribution in [1.82, 2.24) is 0 Å². The molecule has 2 rings (SSSR count). The first-order valence-corrected chi connectivity index (χ1v) is 6.52. The van der Waals surface area contributed by atoms with Gasteiger partial charge >= 0.3 is 0 Å². The summed E-state index contributed by atoms with van der Waals surface area (Å²) in [6.45, 7) is 0.215. The molecule has 1 atom stereocenters. The molecule has 6 nitrogen and oxygen atoms in total. The number of carbonyl (C=O) groups excluding carboxylic acids is 2. The zero-order chi connectivity index (χ0) is 16.4. The van der Waals surface area contributed by atoms with Gasteiger partial charge in [0, 0.05) is 23.3 Å². The third-order valence-electron chi connectivity index (χ3n) is 2.62. The smallest absolute Gasteiger partial charge is 0.160 e. The molecule has 2 aromatic rings. The summed E-state index contributed by atoms with van der Waals surface area (Å²) in [5.41, 5.74) is 11.5. The van der Waals surface area contributed by atoms with E-state index < -0.39 is 6.23 Å². The fourth-order valence-corrected chi connectivity index (χ4v) is 1.48. The topological polar surface area (TPSA) is 116 Å². The van der Waals surface area contributed by atoms with E-state index in [1.807, 2.05) is 0 Å². The van der Waals surface area contributed by atoms with Crippen molar-refractivity contribution in [3.63, 3.8) is 0 Å². The Balaban J connectivity index is 0.000000427. The summed E-state index contributed by atoms with van der Waals surface area (Å²) in [4.78, 5) is 20.6. The van der Waals surface area contributed by atoms with Crippen LogP contribution in [0.1, 0.15) is 20.7 Å². The molecule has 7 heteroatoms. The number of hydrogen-bond acceptors (Lipinski definition) is 6. The van der Waals surface area contributed by atoms with E-state index in [1.54, 1.807) is 42.5 Å². The van der Waals surface area contributed by atoms with Gasteiger partial charge in [0.1, 0.15) is 11.5 Å². The normalized spacial score (nSPS) is 10.3. The van der Waals surface area contributed by atoms with Gasteiger partial charge in [-0.3, -0.25) is 15.3 Å². The summed E-state index contributed by atoms with van der Waals surface area (Å²) in [5.74, 6) is 0.503. The number of rotatable bonds is 5. The summed E-state index contributed by atoms with van der Waals surface area (Å²) in [6.07, 6.45) is 0.773. The summed E-state index contributed by atoms with van der Waals surface area (Å²) >= 11 is 0. The molecule has 0 saturated heterocycles. The average Bonchev–Trinajstić information content (AvgIpc) is 2.56. The quantitative estimate of drug-likeness (QED) is 0.547. The van der Waals surface area contributed by atoms with E-state index in [0.717, 1.165) is 6.29 Å². The van der Waals surface area contributed by atoms with Gasteiger partial charge in [-0.05, 0) is 24.3 Å². The summed E-state index contributed by atoms with van der Waals surface area (Å²) < 4.78 is 5.21. The van der Waals surface area contributed by atoms with Crippen molar-refractivity contribution in [2.45, 2.75) is 6.23 Å². The van der Waals surface area contributed by atoms with Crippen molar-refractivity contribution in [1.29, 1.82) is 0 Å². The second-order valence-corrected chi connectivity index (χ2v) is 4.22. The van der Waals surface area contributed by atoms with Gasteiger partial charge in [0.2, 0.25) is 0 Å². The number of aldehydes is 2. The zero-order valence-electron chi connectivity index (χ0n) is 12.2. The van der Waals surface area contributed by atoms with E-state index in [0.29, 0.717) is 23.2 Å². The van der Waals surface area contributed by atoms with E-state index in [9.17, 15) is 9.59 Å². The number of para-hydroxylation sites is 2. The van der Waals surface area contributed by atoms with Crippen molar-refractivity contribution in [2.75, 3.05) is 6.54 Å². The van der Waals surface area contributed by atoms with Crippen LogP contribution in [0.3, 0.4) is 0 Å². The Morgan fingerprint density at radius 1 is 1.00 bits per heavy atom. The maximum atomic E-state index is 10.5. The Hall–Kier alpha value is -2.19. The Kier molecular flexibility index (Phi) is 10.3. The fourth-order valence-electron chi connectivity index (χ4n) is 1.48. The molecule has 0 aromatic heterocycles. The number of hydrogen-bond donors (Lipinski definition) is 3. The predicted octanol–water partition coefficient (Wildman–Crippen LogP) is 1.32. The Bertz CT molecular complexity index is 623. The van der Waals surface area contributed by atoms with Crippen LogP contribution in [0.25, 0.3) is 0 Å². The van der Waals surface area contributed by atoms with Crippen LogP contribution in [0.2, 0.25) is 0 Å². The van der Waals surface area contributed by atoms with Gasteiger partial charge in [-0.2, -0.15) is 0 Å². The molecule has 0 heterocycles.